The van der Waals surface area contributed by atoms with E-state index in [1.165, 1.54) is 31.0 Å². The number of likely N-dealkylation sites (N-methyl/N-ethyl adjacent to an activating group) is 1. The van der Waals surface area contributed by atoms with Crippen molar-refractivity contribution in [2.24, 2.45) is 0 Å². The lowest BCUT2D eigenvalue weighted by Crippen LogP contribution is -2.56. The Morgan fingerprint density at radius 3 is 2.61 bits per heavy atom. The van der Waals surface area contributed by atoms with Crippen LogP contribution < -0.4 is 4.74 Å². The van der Waals surface area contributed by atoms with E-state index in [1.807, 2.05) is 13.8 Å². The van der Waals surface area contributed by atoms with Gasteiger partial charge in [0.2, 0.25) is 6.23 Å². The van der Waals surface area contributed by atoms with Crippen molar-refractivity contribution in [1.29, 1.82) is 0 Å². The third-order valence-electron chi connectivity index (χ3n) is 5.26. The van der Waals surface area contributed by atoms with Gasteiger partial charge in [-0.05, 0) is 12.8 Å². The highest BCUT2D eigenvalue weighted by atomic mass is 32.1. The molecule has 0 bridgehead atoms. The second-order valence-corrected chi connectivity index (χ2v) is 8.31. The average Bonchev–Trinajstić information content (AvgIpc) is 3.26. The molecule has 0 spiro atoms. The minimum Gasteiger partial charge on any atom is -0.475 e. The Bertz CT molecular complexity index is 667. The lowest BCUT2D eigenvalue weighted by molar-refractivity contribution is -0.947. The summed E-state index contributed by atoms with van der Waals surface area (Å²) in [5, 5.41) is 7.00. The van der Waals surface area contributed by atoms with Gasteiger partial charge in [0.1, 0.15) is 12.2 Å². The molecule has 1 aliphatic heterocycles. The summed E-state index contributed by atoms with van der Waals surface area (Å²) in [5.41, 5.74) is 1.94. The molecule has 2 atom stereocenters. The van der Waals surface area contributed by atoms with Gasteiger partial charge in [0.25, 0.3) is 5.88 Å². The second-order valence-electron chi connectivity index (χ2n) is 7.79. The van der Waals surface area contributed by atoms with Gasteiger partial charge in [0.15, 0.2) is 0 Å². The van der Waals surface area contributed by atoms with Crippen molar-refractivity contribution >= 4 is 23.5 Å². The SMILES string of the molecule is CCCCCCOc1nsnc1C1=CCC[N+](C)(C(CC)OC(=O)OCCC)C1.CO. The van der Waals surface area contributed by atoms with Crippen molar-refractivity contribution in [3.63, 3.8) is 0 Å². The van der Waals surface area contributed by atoms with Gasteiger partial charge in [-0.2, -0.15) is 4.37 Å². The molecule has 2 rings (SSSR count). The van der Waals surface area contributed by atoms with Crippen LogP contribution in [0.2, 0.25) is 0 Å². The van der Waals surface area contributed by atoms with Crippen LogP contribution in [-0.4, -0.2) is 71.2 Å². The summed E-state index contributed by atoms with van der Waals surface area (Å²) in [4.78, 5) is 12.0. The van der Waals surface area contributed by atoms with E-state index in [0.29, 0.717) is 23.6 Å². The third-order valence-corrected chi connectivity index (χ3v) is 5.77. The quantitative estimate of drug-likeness (QED) is 0.277. The molecular weight excluding hydrogens is 418 g/mol. The Hall–Kier alpha value is -1.71. The Labute approximate surface area is 191 Å². The molecular formula is C22H40N3O5S+. The van der Waals surface area contributed by atoms with Crippen LogP contribution in [0.3, 0.4) is 0 Å². The number of aliphatic hydroxyl groups is 1. The van der Waals surface area contributed by atoms with Crippen LogP contribution in [0.15, 0.2) is 6.08 Å². The number of hydrogen-bond acceptors (Lipinski definition) is 8. The van der Waals surface area contributed by atoms with Crippen molar-refractivity contribution in [1.82, 2.24) is 8.75 Å². The van der Waals surface area contributed by atoms with Crippen LogP contribution in [0.5, 0.6) is 5.88 Å². The average molecular weight is 459 g/mol. The van der Waals surface area contributed by atoms with E-state index in [9.17, 15) is 4.79 Å². The normalized spacial score (nSPS) is 19.0. The van der Waals surface area contributed by atoms with Crippen LogP contribution in [0.25, 0.3) is 5.57 Å². The smallest absolute Gasteiger partial charge is 0.475 e. The molecule has 2 heterocycles. The zero-order chi connectivity index (χ0) is 23.1. The molecule has 0 saturated carbocycles. The summed E-state index contributed by atoms with van der Waals surface area (Å²) in [6.45, 7) is 8.87. The maximum absolute atomic E-state index is 12.0. The Morgan fingerprint density at radius 2 is 1.94 bits per heavy atom. The molecule has 1 N–H and O–H groups in total. The third kappa shape index (κ3) is 8.74. The van der Waals surface area contributed by atoms with Crippen LogP contribution in [0.1, 0.15) is 71.4 Å². The van der Waals surface area contributed by atoms with Gasteiger partial charge in [0, 0.05) is 25.5 Å². The number of hydrogen-bond donors (Lipinski definition) is 1. The summed E-state index contributed by atoms with van der Waals surface area (Å²) in [5.74, 6) is 0.627. The first-order chi connectivity index (χ1) is 15.0. The lowest BCUT2D eigenvalue weighted by atomic mass is 10.0. The van der Waals surface area contributed by atoms with E-state index < -0.39 is 6.16 Å². The number of carbonyl (C=O) groups excluding carboxylic acids is 1. The van der Waals surface area contributed by atoms with Gasteiger partial charge in [-0.25, -0.2) is 4.79 Å². The van der Waals surface area contributed by atoms with E-state index in [2.05, 4.69) is 28.8 Å². The number of unbranched alkanes of at least 4 members (excludes halogenated alkanes) is 3. The summed E-state index contributed by atoms with van der Waals surface area (Å²) in [7, 11) is 3.12. The number of ether oxygens (including phenoxy) is 3. The molecule has 0 saturated heterocycles. The van der Waals surface area contributed by atoms with Crippen LogP contribution >= 0.6 is 11.7 Å². The molecule has 0 aliphatic carbocycles. The second kappa shape index (κ2) is 15.2. The van der Waals surface area contributed by atoms with Gasteiger partial charge in [-0.15, -0.1) is 4.37 Å². The highest BCUT2D eigenvalue weighted by Gasteiger charge is 2.38. The predicted molar refractivity (Wildman–Crippen MR) is 123 cm³/mol. The standard InChI is InChI=1S/C21H36N3O4S.CH4O/c1-5-8-9-10-15-26-20-19(22-29-23-20)17-12-11-13-24(4,16-17)18(7-3)28-21(25)27-14-6-2;1-2/h12,18H,5-11,13-16H2,1-4H3;2H,1H3/q+1;. The van der Waals surface area contributed by atoms with Crippen LogP contribution in [0, 0.1) is 0 Å². The highest BCUT2D eigenvalue weighted by Crippen LogP contribution is 2.32. The van der Waals surface area contributed by atoms with E-state index in [4.69, 9.17) is 19.3 Å². The largest absolute Gasteiger partial charge is 0.512 e. The molecule has 9 heteroatoms. The first-order valence-corrected chi connectivity index (χ1v) is 12.0. The van der Waals surface area contributed by atoms with Crippen molar-refractivity contribution in [2.75, 3.05) is 40.5 Å². The zero-order valence-electron chi connectivity index (χ0n) is 19.8. The Balaban J connectivity index is 0.00000233. The predicted octanol–water partition coefficient (Wildman–Crippen LogP) is 4.64. The van der Waals surface area contributed by atoms with Crippen molar-refractivity contribution in [3.05, 3.63) is 11.8 Å². The highest BCUT2D eigenvalue weighted by molar-refractivity contribution is 6.99. The summed E-state index contributed by atoms with van der Waals surface area (Å²) >= 11 is 1.18. The van der Waals surface area contributed by atoms with Gasteiger partial charge in [-0.1, -0.05) is 46.1 Å². The van der Waals surface area contributed by atoms with Crippen LogP contribution in [-0.2, 0) is 9.47 Å². The number of carbonyl (C=O) groups is 1. The molecule has 1 aliphatic rings. The minimum atomic E-state index is -0.583. The minimum absolute atomic E-state index is 0.256. The van der Waals surface area contributed by atoms with Crippen molar-refractivity contribution in [2.45, 2.75) is 71.9 Å². The molecule has 178 valence electrons. The molecule has 0 fully saturated rings. The van der Waals surface area contributed by atoms with E-state index >= 15 is 0 Å². The molecule has 0 radical (unpaired) electrons. The fraction of sp³-hybridized carbons (Fsp3) is 0.773. The Kier molecular flexibility index (Phi) is 13.4. The lowest BCUT2D eigenvalue weighted by Gasteiger charge is -2.42. The molecule has 8 nitrogen and oxygen atoms in total. The maximum atomic E-state index is 12.0. The van der Waals surface area contributed by atoms with Crippen molar-refractivity contribution in [3.8, 4) is 5.88 Å². The van der Waals surface area contributed by atoms with E-state index in [0.717, 1.165) is 57.1 Å². The number of aromatic nitrogens is 2. The van der Waals surface area contributed by atoms with Crippen molar-refractivity contribution < 1.29 is 28.6 Å². The first kappa shape index (κ1) is 27.3. The molecule has 0 aromatic carbocycles. The zero-order valence-corrected chi connectivity index (χ0v) is 20.6. The summed E-state index contributed by atoms with van der Waals surface area (Å²) < 4.78 is 26.2. The molecule has 1 aromatic rings. The van der Waals surface area contributed by atoms with E-state index in [1.54, 1.807) is 0 Å². The van der Waals surface area contributed by atoms with Gasteiger partial charge in [-0.3, -0.25) is 4.48 Å². The fourth-order valence-electron chi connectivity index (χ4n) is 3.63. The number of rotatable bonds is 12. The first-order valence-electron chi connectivity index (χ1n) is 11.3. The molecule has 31 heavy (non-hydrogen) atoms. The molecule has 1 aromatic heterocycles. The van der Waals surface area contributed by atoms with E-state index in [-0.39, 0.29) is 6.23 Å². The monoisotopic (exact) mass is 458 g/mol. The van der Waals surface area contributed by atoms with Gasteiger partial charge in [0.05, 0.1) is 38.5 Å². The number of aliphatic hydroxyl groups excluding tert-OH is 1. The number of nitrogens with zero attached hydrogens (tertiary/aromatic N) is 3. The maximum Gasteiger partial charge on any atom is 0.512 e. The number of quaternary nitrogens is 1. The van der Waals surface area contributed by atoms with Gasteiger partial charge < -0.3 is 19.3 Å². The fourth-order valence-corrected chi connectivity index (χ4v) is 4.17. The van der Waals surface area contributed by atoms with Crippen LogP contribution in [0.4, 0.5) is 4.79 Å². The summed E-state index contributed by atoms with van der Waals surface area (Å²) in [6.07, 6.45) is 8.41. The van der Waals surface area contributed by atoms with Gasteiger partial charge >= 0.3 is 6.16 Å². The Morgan fingerprint density at radius 1 is 1.16 bits per heavy atom. The summed E-state index contributed by atoms with van der Waals surface area (Å²) in [6, 6.07) is 0. The topological polar surface area (TPSA) is 90.8 Å². The molecule has 2 unspecified atom stereocenters. The molecule has 0 amide bonds.